The van der Waals surface area contributed by atoms with E-state index in [9.17, 15) is 0 Å². The third-order valence-corrected chi connectivity index (χ3v) is 3.31. The molecule has 1 unspecified atom stereocenters. The summed E-state index contributed by atoms with van der Waals surface area (Å²) in [5.74, 6) is 0.713. The van der Waals surface area contributed by atoms with Crippen molar-refractivity contribution >= 4 is 5.95 Å². The van der Waals surface area contributed by atoms with Gasteiger partial charge in [0.05, 0.1) is 12.2 Å². The Morgan fingerprint density at radius 1 is 1.47 bits per heavy atom. The fourth-order valence-corrected chi connectivity index (χ4v) is 2.14. The van der Waals surface area contributed by atoms with E-state index in [1.54, 1.807) is 19.5 Å². The Bertz CT molecular complexity index is 369. The lowest BCUT2D eigenvalue weighted by molar-refractivity contribution is -0.00499. The summed E-state index contributed by atoms with van der Waals surface area (Å²) in [5, 5.41) is 8.95. The van der Waals surface area contributed by atoms with Crippen LogP contribution in [0.3, 0.4) is 0 Å². The van der Waals surface area contributed by atoms with Gasteiger partial charge >= 0.3 is 0 Å². The molecule has 17 heavy (non-hydrogen) atoms. The van der Waals surface area contributed by atoms with Crippen molar-refractivity contribution in [2.24, 2.45) is 0 Å². The minimum absolute atomic E-state index is 0.0178. The first-order valence-corrected chi connectivity index (χ1v) is 5.89. The quantitative estimate of drug-likeness (QED) is 0.849. The van der Waals surface area contributed by atoms with Crippen LogP contribution < -0.4 is 4.90 Å². The van der Waals surface area contributed by atoms with Gasteiger partial charge in [-0.2, -0.15) is 0 Å². The Labute approximate surface area is 101 Å². The fourth-order valence-electron chi connectivity index (χ4n) is 2.14. The van der Waals surface area contributed by atoms with Gasteiger partial charge in [-0.05, 0) is 19.8 Å². The average molecular weight is 237 g/mol. The van der Waals surface area contributed by atoms with E-state index in [1.165, 1.54) is 0 Å². The number of anilines is 1. The lowest BCUT2D eigenvalue weighted by Crippen LogP contribution is -2.48. The molecule has 0 amide bonds. The molecule has 2 heterocycles. The SMILES string of the molecule is COC1(C)CCCN(c2ncc(CO)cn2)C1. The van der Waals surface area contributed by atoms with Crippen LogP contribution in [-0.2, 0) is 11.3 Å². The molecule has 94 valence electrons. The number of nitrogens with zero attached hydrogens (tertiary/aromatic N) is 3. The molecule has 1 atom stereocenters. The third-order valence-electron chi connectivity index (χ3n) is 3.31. The molecule has 0 saturated carbocycles. The van der Waals surface area contributed by atoms with Gasteiger partial charge < -0.3 is 14.7 Å². The van der Waals surface area contributed by atoms with Gasteiger partial charge in [0.2, 0.25) is 5.95 Å². The van der Waals surface area contributed by atoms with E-state index in [0.717, 1.165) is 31.5 Å². The zero-order chi connectivity index (χ0) is 12.3. The van der Waals surface area contributed by atoms with E-state index >= 15 is 0 Å². The minimum Gasteiger partial charge on any atom is -0.392 e. The van der Waals surface area contributed by atoms with Crippen LogP contribution in [0.4, 0.5) is 5.95 Å². The predicted molar refractivity (Wildman–Crippen MR) is 64.8 cm³/mol. The van der Waals surface area contributed by atoms with Gasteiger partial charge in [0.15, 0.2) is 0 Å². The van der Waals surface area contributed by atoms with Gasteiger partial charge in [-0.15, -0.1) is 0 Å². The summed E-state index contributed by atoms with van der Waals surface area (Å²) in [4.78, 5) is 10.7. The molecular weight excluding hydrogens is 218 g/mol. The van der Waals surface area contributed by atoms with Crippen molar-refractivity contribution in [1.29, 1.82) is 0 Å². The van der Waals surface area contributed by atoms with E-state index in [2.05, 4.69) is 21.8 Å². The largest absolute Gasteiger partial charge is 0.392 e. The Balaban J connectivity index is 2.10. The molecule has 1 aliphatic rings. The highest BCUT2D eigenvalue weighted by atomic mass is 16.5. The van der Waals surface area contributed by atoms with Crippen LogP contribution in [0, 0.1) is 0 Å². The molecule has 1 aromatic heterocycles. The second-order valence-corrected chi connectivity index (χ2v) is 4.73. The lowest BCUT2D eigenvalue weighted by Gasteiger charge is -2.39. The van der Waals surface area contributed by atoms with Crippen molar-refractivity contribution in [3.05, 3.63) is 18.0 Å². The van der Waals surface area contributed by atoms with Crippen molar-refractivity contribution in [1.82, 2.24) is 9.97 Å². The number of aliphatic hydroxyl groups is 1. The number of hydrogen-bond acceptors (Lipinski definition) is 5. The maximum absolute atomic E-state index is 8.95. The predicted octanol–water partition coefficient (Wildman–Crippen LogP) is 0.974. The monoisotopic (exact) mass is 237 g/mol. The molecule has 5 nitrogen and oxygen atoms in total. The number of piperidine rings is 1. The van der Waals surface area contributed by atoms with Crippen molar-refractivity contribution in [3.63, 3.8) is 0 Å². The number of aliphatic hydroxyl groups excluding tert-OH is 1. The molecule has 1 saturated heterocycles. The Hall–Kier alpha value is -1.20. The maximum atomic E-state index is 8.95. The number of hydrogen-bond donors (Lipinski definition) is 1. The molecule has 1 fully saturated rings. The first-order chi connectivity index (χ1) is 8.17. The summed E-state index contributed by atoms with van der Waals surface area (Å²) in [6.45, 7) is 3.86. The highest BCUT2D eigenvalue weighted by molar-refractivity contribution is 5.31. The van der Waals surface area contributed by atoms with Gasteiger partial charge in [-0.3, -0.25) is 0 Å². The molecule has 1 aromatic rings. The molecule has 0 aromatic carbocycles. The lowest BCUT2D eigenvalue weighted by atomic mass is 9.95. The first-order valence-electron chi connectivity index (χ1n) is 5.89. The van der Waals surface area contributed by atoms with Crippen LogP contribution in [0.1, 0.15) is 25.3 Å². The summed E-state index contributed by atoms with van der Waals surface area (Å²) < 4.78 is 5.54. The standard InChI is InChI=1S/C12H19N3O2/c1-12(17-2)4-3-5-15(9-12)11-13-6-10(8-16)7-14-11/h6-7,16H,3-5,8-9H2,1-2H3. The second kappa shape index (κ2) is 4.98. The highest BCUT2D eigenvalue weighted by Crippen LogP contribution is 2.25. The zero-order valence-corrected chi connectivity index (χ0v) is 10.4. The number of rotatable bonds is 3. The summed E-state index contributed by atoms with van der Waals surface area (Å²) in [7, 11) is 1.75. The van der Waals surface area contributed by atoms with E-state index in [-0.39, 0.29) is 12.2 Å². The first kappa shape index (κ1) is 12.3. The topological polar surface area (TPSA) is 58.5 Å². The molecule has 0 radical (unpaired) electrons. The molecule has 1 aliphatic heterocycles. The average Bonchev–Trinajstić information content (AvgIpc) is 2.39. The second-order valence-electron chi connectivity index (χ2n) is 4.73. The van der Waals surface area contributed by atoms with E-state index < -0.39 is 0 Å². The smallest absolute Gasteiger partial charge is 0.225 e. The highest BCUT2D eigenvalue weighted by Gasteiger charge is 2.31. The van der Waals surface area contributed by atoms with Gasteiger partial charge in [-0.25, -0.2) is 9.97 Å². The Morgan fingerprint density at radius 3 is 2.76 bits per heavy atom. The van der Waals surface area contributed by atoms with Gasteiger partial charge in [0.1, 0.15) is 0 Å². The molecule has 0 spiro atoms. The van der Waals surface area contributed by atoms with Crippen molar-refractivity contribution < 1.29 is 9.84 Å². The molecule has 5 heteroatoms. The number of methoxy groups -OCH3 is 1. The molecule has 2 rings (SSSR count). The van der Waals surface area contributed by atoms with Crippen LogP contribution in [0.5, 0.6) is 0 Å². The van der Waals surface area contributed by atoms with Crippen LogP contribution in [-0.4, -0.2) is 40.9 Å². The summed E-state index contributed by atoms with van der Waals surface area (Å²) in [5.41, 5.74) is 0.623. The molecule has 0 aliphatic carbocycles. The van der Waals surface area contributed by atoms with Gasteiger partial charge in [0, 0.05) is 38.2 Å². The summed E-state index contributed by atoms with van der Waals surface area (Å²) in [6, 6.07) is 0. The number of aromatic nitrogens is 2. The Kier molecular flexibility index (Phi) is 3.59. The Morgan fingerprint density at radius 2 is 2.18 bits per heavy atom. The minimum atomic E-state index is -0.114. The van der Waals surface area contributed by atoms with Crippen LogP contribution in [0.15, 0.2) is 12.4 Å². The molecular formula is C12H19N3O2. The van der Waals surface area contributed by atoms with E-state index in [4.69, 9.17) is 9.84 Å². The maximum Gasteiger partial charge on any atom is 0.225 e. The van der Waals surface area contributed by atoms with Crippen molar-refractivity contribution in [3.8, 4) is 0 Å². The molecule has 1 N–H and O–H groups in total. The molecule has 0 bridgehead atoms. The third kappa shape index (κ3) is 2.73. The zero-order valence-electron chi connectivity index (χ0n) is 10.4. The van der Waals surface area contributed by atoms with E-state index in [1.807, 2.05) is 0 Å². The van der Waals surface area contributed by atoms with Gasteiger partial charge in [-0.1, -0.05) is 0 Å². The van der Waals surface area contributed by atoms with Crippen LogP contribution in [0.2, 0.25) is 0 Å². The number of ether oxygens (including phenoxy) is 1. The van der Waals surface area contributed by atoms with Crippen LogP contribution in [0.25, 0.3) is 0 Å². The fraction of sp³-hybridized carbons (Fsp3) is 0.667. The van der Waals surface area contributed by atoms with Crippen LogP contribution >= 0.6 is 0 Å². The summed E-state index contributed by atoms with van der Waals surface area (Å²) in [6.07, 6.45) is 5.48. The van der Waals surface area contributed by atoms with Gasteiger partial charge in [0.25, 0.3) is 0 Å². The normalized spacial score (nSPS) is 25.0. The van der Waals surface area contributed by atoms with Crippen molar-refractivity contribution in [2.75, 3.05) is 25.1 Å². The van der Waals surface area contributed by atoms with E-state index in [0.29, 0.717) is 5.95 Å². The van der Waals surface area contributed by atoms with Crippen molar-refractivity contribution in [2.45, 2.75) is 32.0 Å². The summed E-state index contributed by atoms with van der Waals surface area (Å²) >= 11 is 0.